The van der Waals surface area contributed by atoms with Gasteiger partial charge in [0, 0.05) is 0 Å². The van der Waals surface area contributed by atoms with E-state index in [2.05, 4.69) is 9.97 Å². The summed E-state index contributed by atoms with van der Waals surface area (Å²) in [5.41, 5.74) is 5.97. The highest BCUT2D eigenvalue weighted by Gasteiger charge is 2.31. The van der Waals surface area contributed by atoms with Crippen LogP contribution in [0, 0.1) is 5.41 Å². The summed E-state index contributed by atoms with van der Waals surface area (Å²) in [6.07, 6.45) is -4.36. The Morgan fingerprint density at radius 1 is 1.21 bits per heavy atom. The quantitative estimate of drug-likeness (QED) is 0.832. The van der Waals surface area contributed by atoms with Gasteiger partial charge in [-0.3, -0.25) is 0 Å². The van der Waals surface area contributed by atoms with Crippen molar-refractivity contribution in [3.8, 4) is 0 Å². The van der Waals surface area contributed by atoms with Crippen LogP contribution in [0.4, 0.5) is 13.2 Å². The molecule has 1 aromatic heterocycles. The molecule has 1 unspecified atom stereocenters. The number of benzene rings is 1. The molecule has 104 valence electrons. The molecule has 3 nitrogen and oxygen atoms in total. The number of nitrogens with zero attached hydrogens (tertiary/aromatic N) is 1. The second kappa shape index (κ2) is 4.23. The van der Waals surface area contributed by atoms with Gasteiger partial charge in [-0.05, 0) is 23.6 Å². The summed E-state index contributed by atoms with van der Waals surface area (Å²) < 4.78 is 37.8. The summed E-state index contributed by atoms with van der Waals surface area (Å²) in [5.74, 6) is 0.502. The van der Waals surface area contributed by atoms with Crippen molar-refractivity contribution >= 4 is 11.0 Å². The molecular weight excluding hydrogens is 255 g/mol. The number of imidazole rings is 1. The lowest BCUT2D eigenvalue weighted by molar-refractivity contribution is -0.137. The number of hydrogen-bond donors (Lipinski definition) is 2. The van der Waals surface area contributed by atoms with Crippen molar-refractivity contribution in [2.24, 2.45) is 11.1 Å². The fourth-order valence-electron chi connectivity index (χ4n) is 1.76. The molecule has 2 rings (SSSR count). The number of H-pyrrole nitrogens is 1. The summed E-state index contributed by atoms with van der Waals surface area (Å²) in [5, 5.41) is 0. The summed E-state index contributed by atoms with van der Waals surface area (Å²) in [7, 11) is 0. The van der Waals surface area contributed by atoms with Crippen LogP contribution in [0.1, 0.15) is 38.2 Å². The Hall–Kier alpha value is -1.56. The average Bonchev–Trinajstić information content (AvgIpc) is 2.67. The number of nitrogens with two attached hydrogens (primary N) is 1. The average molecular weight is 271 g/mol. The Bertz CT molecular complexity index is 593. The molecule has 0 spiro atoms. The molecule has 0 amide bonds. The number of aromatic nitrogens is 2. The van der Waals surface area contributed by atoms with E-state index in [1.807, 2.05) is 20.8 Å². The van der Waals surface area contributed by atoms with Gasteiger partial charge < -0.3 is 10.7 Å². The zero-order valence-electron chi connectivity index (χ0n) is 11.0. The molecule has 3 N–H and O–H groups in total. The van der Waals surface area contributed by atoms with Gasteiger partial charge in [-0.2, -0.15) is 13.2 Å². The molecule has 0 aliphatic carbocycles. The number of alkyl halides is 3. The maximum atomic E-state index is 12.6. The van der Waals surface area contributed by atoms with E-state index >= 15 is 0 Å². The van der Waals surface area contributed by atoms with E-state index in [4.69, 9.17) is 5.73 Å². The number of aromatic amines is 1. The molecule has 0 fully saturated rings. The van der Waals surface area contributed by atoms with Gasteiger partial charge in [-0.15, -0.1) is 0 Å². The Kier molecular flexibility index (Phi) is 3.09. The lowest BCUT2D eigenvalue weighted by atomic mass is 9.87. The Morgan fingerprint density at radius 3 is 2.37 bits per heavy atom. The molecule has 19 heavy (non-hydrogen) atoms. The third-order valence-electron chi connectivity index (χ3n) is 3.06. The molecule has 0 aliphatic heterocycles. The normalized spacial score (nSPS) is 14.9. The fraction of sp³-hybridized carbons (Fsp3) is 0.462. The number of hydrogen-bond acceptors (Lipinski definition) is 2. The van der Waals surface area contributed by atoms with Crippen LogP contribution >= 0.6 is 0 Å². The second-order valence-corrected chi connectivity index (χ2v) is 5.70. The first-order valence-electron chi connectivity index (χ1n) is 5.91. The first-order valence-corrected chi connectivity index (χ1v) is 5.91. The van der Waals surface area contributed by atoms with Gasteiger partial charge in [-0.25, -0.2) is 4.98 Å². The molecule has 1 atom stereocenters. The largest absolute Gasteiger partial charge is 0.416 e. The maximum Gasteiger partial charge on any atom is 0.416 e. The van der Waals surface area contributed by atoms with E-state index in [9.17, 15) is 13.2 Å². The highest BCUT2D eigenvalue weighted by molar-refractivity contribution is 5.76. The lowest BCUT2D eigenvalue weighted by Crippen LogP contribution is -2.27. The van der Waals surface area contributed by atoms with Crippen LogP contribution in [0.25, 0.3) is 11.0 Å². The number of rotatable bonds is 1. The summed E-state index contributed by atoms with van der Waals surface area (Å²) in [4.78, 5) is 7.13. The van der Waals surface area contributed by atoms with Crippen molar-refractivity contribution in [2.45, 2.75) is 33.0 Å². The summed E-state index contributed by atoms with van der Waals surface area (Å²) in [6, 6.07) is 3.07. The van der Waals surface area contributed by atoms with Crippen LogP contribution in [0.5, 0.6) is 0 Å². The fourth-order valence-corrected chi connectivity index (χ4v) is 1.76. The Morgan fingerprint density at radius 2 is 1.84 bits per heavy atom. The van der Waals surface area contributed by atoms with E-state index < -0.39 is 11.7 Å². The van der Waals surface area contributed by atoms with Crippen molar-refractivity contribution in [2.75, 3.05) is 0 Å². The van der Waals surface area contributed by atoms with Crippen LogP contribution in [0.2, 0.25) is 0 Å². The molecule has 0 saturated heterocycles. The van der Waals surface area contributed by atoms with Crippen LogP contribution in [0.3, 0.4) is 0 Å². The van der Waals surface area contributed by atoms with E-state index in [0.717, 1.165) is 12.1 Å². The minimum absolute atomic E-state index is 0.221. The summed E-state index contributed by atoms with van der Waals surface area (Å²) in [6.45, 7) is 5.85. The van der Waals surface area contributed by atoms with E-state index in [1.165, 1.54) is 6.07 Å². The predicted octanol–water partition coefficient (Wildman–Crippen LogP) is 3.63. The molecule has 1 heterocycles. The number of nitrogens with one attached hydrogen (secondary N) is 1. The summed E-state index contributed by atoms with van der Waals surface area (Å²) >= 11 is 0. The SMILES string of the molecule is CC(C)(C)C(N)c1nc2ccc(C(F)(F)F)cc2[nH]1. The van der Waals surface area contributed by atoms with Crippen LogP contribution in [-0.4, -0.2) is 9.97 Å². The smallest absolute Gasteiger partial charge is 0.341 e. The van der Waals surface area contributed by atoms with Crippen molar-refractivity contribution < 1.29 is 13.2 Å². The second-order valence-electron chi connectivity index (χ2n) is 5.70. The molecule has 0 saturated carbocycles. The number of fused-ring (bicyclic) bond motifs is 1. The maximum absolute atomic E-state index is 12.6. The molecular formula is C13H16F3N3. The first-order chi connectivity index (χ1) is 8.59. The molecule has 0 bridgehead atoms. The third kappa shape index (κ3) is 2.73. The Labute approximate surface area is 109 Å². The van der Waals surface area contributed by atoms with Crippen molar-refractivity contribution in [3.05, 3.63) is 29.6 Å². The zero-order chi connectivity index (χ0) is 14.4. The van der Waals surface area contributed by atoms with Crippen molar-refractivity contribution in [1.82, 2.24) is 9.97 Å². The third-order valence-corrected chi connectivity index (χ3v) is 3.06. The van der Waals surface area contributed by atoms with Crippen LogP contribution < -0.4 is 5.73 Å². The van der Waals surface area contributed by atoms with Gasteiger partial charge in [0.05, 0.1) is 22.6 Å². The van der Waals surface area contributed by atoms with Crippen LogP contribution in [0.15, 0.2) is 18.2 Å². The zero-order valence-corrected chi connectivity index (χ0v) is 11.0. The minimum Gasteiger partial charge on any atom is -0.341 e. The molecule has 6 heteroatoms. The van der Waals surface area contributed by atoms with E-state index in [0.29, 0.717) is 16.9 Å². The van der Waals surface area contributed by atoms with Gasteiger partial charge in [0.2, 0.25) is 0 Å². The molecule has 0 radical (unpaired) electrons. The highest BCUT2D eigenvalue weighted by atomic mass is 19.4. The van der Waals surface area contributed by atoms with Crippen molar-refractivity contribution in [1.29, 1.82) is 0 Å². The molecule has 0 aliphatic rings. The molecule has 2 aromatic rings. The van der Waals surface area contributed by atoms with Crippen LogP contribution in [-0.2, 0) is 6.18 Å². The van der Waals surface area contributed by atoms with Gasteiger partial charge in [0.25, 0.3) is 0 Å². The minimum atomic E-state index is -4.36. The van der Waals surface area contributed by atoms with E-state index in [-0.39, 0.29) is 11.5 Å². The van der Waals surface area contributed by atoms with Crippen molar-refractivity contribution in [3.63, 3.8) is 0 Å². The Balaban J connectivity index is 2.47. The first kappa shape index (κ1) is 13.9. The topological polar surface area (TPSA) is 54.7 Å². The van der Waals surface area contributed by atoms with Gasteiger partial charge >= 0.3 is 6.18 Å². The highest BCUT2D eigenvalue weighted by Crippen LogP contribution is 2.33. The monoisotopic (exact) mass is 271 g/mol. The van der Waals surface area contributed by atoms with Gasteiger partial charge in [0.15, 0.2) is 0 Å². The van der Waals surface area contributed by atoms with Gasteiger partial charge in [0.1, 0.15) is 5.82 Å². The number of halogens is 3. The molecule has 1 aromatic carbocycles. The van der Waals surface area contributed by atoms with Gasteiger partial charge in [-0.1, -0.05) is 20.8 Å². The lowest BCUT2D eigenvalue weighted by Gasteiger charge is -2.24. The predicted molar refractivity (Wildman–Crippen MR) is 67.5 cm³/mol. The standard InChI is InChI=1S/C13H16F3N3/c1-12(2,3)10(17)11-18-8-5-4-7(13(14,15)16)6-9(8)19-11/h4-6,10H,17H2,1-3H3,(H,18,19). The van der Waals surface area contributed by atoms with E-state index in [1.54, 1.807) is 0 Å².